The molecule has 3 aromatic rings. The fraction of sp³-hybridized carbons (Fsp3) is 0.150. The van der Waals surface area contributed by atoms with Crippen LogP contribution in [-0.2, 0) is 0 Å². The fourth-order valence-corrected chi connectivity index (χ4v) is 3.73. The Hall–Kier alpha value is -2.10. The first-order valence-electron chi connectivity index (χ1n) is 7.80. The Kier molecular flexibility index (Phi) is 5.03. The quantitative estimate of drug-likeness (QED) is 0.551. The highest BCUT2D eigenvalue weighted by Gasteiger charge is 2.23. The predicted molar refractivity (Wildman–Crippen MR) is 103 cm³/mol. The van der Waals surface area contributed by atoms with Crippen LogP contribution in [0.2, 0.25) is 5.02 Å². The largest absolute Gasteiger partial charge is 0.305 e. The molecule has 1 amide bonds. The summed E-state index contributed by atoms with van der Waals surface area (Å²) in [5, 5.41) is 2.50. The zero-order chi connectivity index (χ0) is 17.1. The molecule has 0 unspecified atom stereocenters. The van der Waals surface area contributed by atoms with Crippen LogP contribution in [0.5, 0.6) is 0 Å². The monoisotopic (exact) mass is 355 g/mol. The number of rotatable bonds is 4. The van der Waals surface area contributed by atoms with E-state index in [1.54, 1.807) is 28.4 Å². The third-order valence-electron chi connectivity index (χ3n) is 3.76. The van der Waals surface area contributed by atoms with Gasteiger partial charge >= 0.3 is 0 Å². The van der Waals surface area contributed by atoms with Gasteiger partial charge in [-0.05, 0) is 37.6 Å². The van der Waals surface area contributed by atoms with Crippen LogP contribution in [0.3, 0.4) is 0 Å². The van der Waals surface area contributed by atoms with Crippen LogP contribution >= 0.6 is 22.9 Å². The molecule has 2 nitrogen and oxygen atoms in total. The van der Waals surface area contributed by atoms with Crippen LogP contribution in [-0.4, -0.2) is 11.9 Å². The van der Waals surface area contributed by atoms with Crippen molar-refractivity contribution < 1.29 is 4.79 Å². The highest BCUT2D eigenvalue weighted by Crippen LogP contribution is 2.33. The van der Waals surface area contributed by atoms with Crippen LogP contribution in [0.1, 0.15) is 24.2 Å². The summed E-state index contributed by atoms with van der Waals surface area (Å²) in [6.45, 7) is 4.02. The molecule has 0 atom stereocenters. The number of benzene rings is 2. The van der Waals surface area contributed by atoms with Gasteiger partial charge in [0.25, 0.3) is 5.91 Å². The number of nitrogens with zero attached hydrogens (tertiary/aromatic N) is 1. The van der Waals surface area contributed by atoms with E-state index in [0.29, 0.717) is 10.6 Å². The van der Waals surface area contributed by atoms with Crippen LogP contribution in [0.25, 0.3) is 10.4 Å². The Bertz CT molecular complexity index is 842. The Morgan fingerprint density at radius 2 is 1.71 bits per heavy atom. The van der Waals surface area contributed by atoms with E-state index in [4.69, 9.17) is 11.6 Å². The molecule has 122 valence electrons. The maximum atomic E-state index is 13.0. The molecule has 1 aromatic heterocycles. The third-order valence-corrected chi connectivity index (χ3v) is 5.06. The van der Waals surface area contributed by atoms with Gasteiger partial charge < -0.3 is 4.90 Å². The number of thiophene rings is 1. The summed E-state index contributed by atoms with van der Waals surface area (Å²) >= 11 is 7.85. The Labute approximate surface area is 151 Å². The molecule has 3 rings (SSSR count). The SMILES string of the molecule is CC(C)N(C(=O)c1ccccc1Cl)c1csc(-c2ccccc2)c1. The van der Waals surface area contributed by atoms with E-state index in [0.717, 1.165) is 16.1 Å². The molecule has 4 heteroatoms. The van der Waals surface area contributed by atoms with Crippen LogP contribution in [0, 0.1) is 0 Å². The normalized spacial score (nSPS) is 10.8. The smallest absolute Gasteiger partial charge is 0.260 e. The van der Waals surface area contributed by atoms with Crippen molar-refractivity contribution in [2.45, 2.75) is 19.9 Å². The summed E-state index contributed by atoms with van der Waals surface area (Å²) < 4.78 is 0. The fourth-order valence-electron chi connectivity index (χ4n) is 2.62. The average Bonchev–Trinajstić information content (AvgIpc) is 3.05. The minimum atomic E-state index is -0.0759. The molecule has 24 heavy (non-hydrogen) atoms. The number of carbonyl (C=O) groups is 1. The minimum absolute atomic E-state index is 0.0343. The van der Waals surface area contributed by atoms with Gasteiger partial charge in [-0.25, -0.2) is 0 Å². The van der Waals surface area contributed by atoms with Crippen molar-refractivity contribution in [3.63, 3.8) is 0 Å². The Morgan fingerprint density at radius 3 is 2.38 bits per heavy atom. The first-order chi connectivity index (χ1) is 11.6. The van der Waals surface area contributed by atoms with Gasteiger partial charge in [-0.1, -0.05) is 54.1 Å². The minimum Gasteiger partial charge on any atom is -0.305 e. The highest BCUT2D eigenvalue weighted by atomic mass is 35.5. The van der Waals surface area contributed by atoms with Gasteiger partial charge in [-0.3, -0.25) is 4.79 Å². The second kappa shape index (κ2) is 7.20. The average molecular weight is 356 g/mol. The van der Waals surface area contributed by atoms with E-state index in [1.165, 1.54) is 0 Å². The molecular formula is C20H18ClNOS. The van der Waals surface area contributed by atoms with E-state index >= 15 is 0 Å². The summed E-state index contributed by atoms with van der Waals surface area (Å²) in [7, 11) is 0. The zero-order valence-electron chi connectivity index (χ0n) is 13.6. The molecule has 0 bridgehead atoms. The van der Waals surface area contributed by atoms with Gasteiger partial charge in [-0.2, -0.15) is 0 Å². The van der Waals surface area contributed by atoms with Gasteiger partial charge in [0.2, 0.25) is 0 Å². The molecule has 0 saturated carbocycles. The lowest BCUT2D eigenvalue weighted by Gasteiger charge is -2.26. The topological polar surface area (TPSA) is 20.3 Å². The maximum absolute atomic E-state index is 13.0. The maximum Gasteiger partial charge on any atom is 0.260 e. The molecule has 0 aliphatic carbocycles. The number of hydrogen-bond donors (Lipinski definition) is 0. The first-order valence-corrected chi connectivity index (χ1v) is 9.05. The molecule has 2 aromatic carbocycles. The number of halogens is 1. The molecule has 0 N–H and O–H groups in total. The van der Waals surface area contributed by atoms with Crippen molar-refractivity contribution in [1.82, 2.24) is 0 Å². The summed E-state index contributed by atoms with van der Waals surface area (Å²) in [5.74, 6) is -0.0759. The molecule has 1 heterocycles. The van der Waals surface area contributed by atoms with E-state index in [1.807, 2.05) is 49.6 Å². The summed E-state index contributed by atoms with van der Waals surface area (Å²) in [5.41, 5.74) is 2.58. The number of hydrogen-bond acceptors (Lipinski definition) is 2. The van der Waals surface area contributed by atoms with Crippen LogP contribution in [0.15, 0.2) is 66.0 Å². The van der Waals surface area contributed by atoms with Crippen molar-refractivity contribution in [2.24, 2.45) is 0 Å². The third kappa shape index (κ3) is 3.37. The standard InChI is InChI=1S/C20H18ClNOS/c1-14(2)22(20(23)17-10-6-7-11-18(17)21)16-12-19(24-13-16)15-8-4-3-5-9-15/h3-14H,1-2H3. The van der Waals surface area contributed by atoms with Crippen molar-refractivity contribution in [2.75, 3.05) is 4.90 Å². The summed E-state index contributed by atoms with van der Waals surface area (Å²) in [6, 6.07) is 19.5. The molecular weight excluding hydrogens is 338 g/mol. The second-order valence-electron chi connectivity index (χ2n) is 5.78. The lowest BCUT2D eigenvalue weighted by Crippen LogP contribution is -2.36. The number of carbonyl (C=O) groups excluding carboxylic acids is 1. The van der Waals surface area contributed by atoms with Crippen LogP contribution in [0.4, 0.5) is 5.69 Å². The van der Waals surface area contributed by atoms with E-state index in [9.17, 15) is 4.79 Å². The zero-order valence-corrected chi connectivity index (χ0v) is 15.1. The first kappa shape index (κ1) is 16.7. The molecule has 0 aliphatic rings. The molecule has 0 radical (unpaired) electrons. The van der Waals surface area contributed by atoms with E-state index < -0.39 is 0 Å². The van der Waals surface area contributed by atoms with Crippen LogP contribution < -0.4 is 4.90 Å². The van der Waals surface area contributed by atoms with Gasteiger partial charge in [-0.15, -0.1) is 11.3 Å². The highest BCUT2D eigenvalue weighted by molar-refractivity contribution is 7.14. The van der Waals surface area contributed by atoms with Gasteiger partial charge in [0, 0.05) is 16.3 Å². The van der Waals surface area contributed by atoms with Crippen molar-refractivity contribution in [1.29, 1.82) is 0 Å². The molecule has 0 saturated heterocycles. The molecule has 0 spiro atoms. The number of amides is 1. The van der Waals surface area contributed by atoms with Gasteiger partial charge in [0.1, 0.15) is 0 Å². The summed E-state index contributed by atoms with van der Waals surface area (Å²) in [6.07, 6.45) is 0. The van der Waals surface area contributed by atoms with Gasteiger partial charge in [0.05, 0.1) is 16.3 Å². The van der Waals surface area contributed by atoms with E-state index in [-0.39, 0.29) is 11.9 Å². The Balaban J connectivity index is 1.97. The van der Waals surface area contributed by atoms with Crippen molar-refractivity contribution in [3.05, 3.63) is 76.6 Å². The summed E-state index contributed by atoms with van der Waals surface area (Å²) in [4.78, 5) is 15.9. The van der Waals surface area contributed by atoms with Crippen molar-refractivity contribution in [3.8, 4) is 10.4 Å². The lowest BCUT2D eigenvalue weighted by atomic mass is 10.1. The Morgan fingerprint density at radius 1 is 1.04 bits per heavy atom. The number of anilines is 1. The molecule has 0 aliphatic heterocycles. The van der Waals surface area contributed by atoms with Crippen molar-refractivity contribution >= 4 is 34.5 Å². The lowest BCUT2D eigenvalue weighted by molar-refractivity contribution is 0.0980. The predicted octanol–water partition coefficient (Wildman–Crippen LogP) is 6.12. The van der Waals surface area contributed by atoms with E-state index in [2.05, 4.69) is 18.2 Å². The van der Waals surface area contributed by atoms with Gasteiger partial charge in [0.15, 0.2) is 0 Å². The molecule has 0 fully saturated rings. The second-order valence-corrected chi connectivity index (χ2v) is 7.10.